The number of anilines is 1. The molecule has 1 aromatic carbocycles. The molecule has 0 N–H and O–H groups in total. The van der Waals surface area contributed by atoms with Crippen LogP contribution in [0.1, 0.15) is 43.8 Å². The van der Waals surface area contributed by atoms with Gasteiger partial charge in [0.25, 0.3) is 0 Å². The highest BCUT2D eigenvalue weighted by molar-refractivity contribution is 5.96. The summed E-state index contributed by atoms with van der Waals surface area (Å²) >= 11 is 0. The number of benzene rings is 1. The van der Waals surface area contributed by atoms with Crippen molar-refractivity contribution in [3.05, 3.63) is 47.5 Å². The van der Waals surface area contributed by atoms with Crippen LogP contribution in [0.2, 0.25) is 0 Å². The minimum absolute atomic E-state index is 0.276. The number of esters is 2. The van der Waals surface area contributed by atoms with E-state index in [0.717, 1.165) is 5.69 Å². The third kappa shape index (κ3) is 4.90. The first-order valence-electron chi connectivity index (χ1n) is 10.3. The van der Waals surface area contributed by atoms with Gasteiger partial charge in [-0.05, 0) is 5.56 Å². The number of nitrogens with zero attached hydrogens (tertiary/aromatic N) is 2. The van der Waals surface area contributed by atoms with Crippen LogP contribution in [0, 0.1) is 5.92 Å². The fraction of sp³-hybridized carbons (Fsp3) is 0.522. The molecule has 3 rings (SSSR count). The van der Waals surface area contributed by atoms with Crippen LogP contribution >= 0.6 is 0 Å². The van der Waals surface area contributed by atoms with E-state index in [0.29, 0.717) is 37.8 Å². The summed E-state index contributed by atoms with van der Waals surface area (Å²) in [5.74, 6) is -2.54. The lowest BCUT2D eigenvalue weighted by Gasteiger charge is -2.29. The zero-order chi connectivity index (χ0) is 22.6. The first kappa shape index (κ1) is 22.8. The second-order valence-electron chi connectivity index (χ2n) is 8.47. The monoisotopic (exact) mass is 430 g/mol. The summed E-state index contributed by atoms with van der Waals surface area (Å²) in [6, 6.07) is 9.20. The maximum absolute atomic E-state index is 12.7. The Morgan fingerprint density at radius 1 is 1.03 bits per heavy atom. The van der Waals surface area contributed by atoms with Gasteiger partial charge in [0, 0.05) is 18.5 Å². The molecule has 2 heterocycles. The lowest BCUT2D eigenvalue weighted by atomic mass is 9.85. The van der Waals surface area contributed by atoms with Crippen molar-refractivity contribution in [1.82, 2.24) is 4.98 Å². The van der Waals surface area contributed by atoms with Crippen molar-refractivity contribution in [1.29, 1.82) is 0 Å². The minimum Gasteiger partial charge on any atom is -0.468 e. The number of carbonyl (C=O) groups excluding carboxylic acids is 2. The number of oxazole rings is 1. The highest BCUT2D eigenvalue weighted by Gasteiger charge is 2.43. The number of methoxy groups -OCH3 is 2. The van der Waals surface area contributed by atoms with Gasteiger partial charge in [-0.25, -0.2) is 4.98 Å². The molecule has 0 saturated carbocycles. The molecule has 0 spiro atoms. The van der Waals surface area contributed by atoms with Gasteiger partial charge in [-0.3, -0.25) is 9.59 Å². The summed E-state index contributed by atoms with van der Waals surface area (Å²) in [5, 5.41) is 0. The molecule has 8 heteroatoms. The summed E-state index contributed by atoms with van der Waals surface area (Å²) in [4.78, 5) is 32.3. The van der Waals surface area contributed by atoms with Gasteiger partial charge in [-0.15, -0.1) is 0 Å². The van der Waals surface area contributed by atoms with E-state index in [9.17, 15) is 9.59 Å². The Balaban J connectivity index is 2.18. The van der Waals surface area contributed by atoms with Gasteiger partial charge in [-0.2, -0.15) is 0 Å². The van der Waals surface area contributed by atoms with E-state index < -0.39 is 23.8 Å². The first-order chi connectivity index (χ1) is 14.8. The largest absolute Gasteiger partial charge is 0.468 e. The van der Waals surface area contributed by atoms with Gasteiger partial charge in [0.15, 0.2) is 5.92 Å². The Morgan fingerprint density at radius 2 is 1.61 bits per heavy atom. The molecule has 8 nitrogen and oxygen atoms in total. The molecule has 1 aliphatic heterocycles. The number of aromatic nitrogens is 1. The molecule has 0 aliphatic carbocycles. The lowest BCUT2D eigenvalue weighted by molar-refractivity contribution is -0.159. The van der Waals surface area contributed by atoms with Gasteiger partial charge >= 0.3 is 11.9 Å². The maximum Gasteiger partial charge on any atom is 0.321 e. The topological polar surface area (TPSA) is 91.1 Å². The predicted octanol–water partition coefficient (Wildman–Crippen LogP) is 2.90. The van der Waals surface area contributed by atoms with Crippen molar-refractivity contribution in [3.8, 4) is 0 Å². The van der Waals surface area contributed by atoms with Crippen LogP contribution in [-0.4, -0.2) is 57.4 Å². The van der Waals surface area contributed by atoms with Crippen LogP contribution in [0.3, 0.4) is 0 Å². The van der Waals surface area contributed by atoms with Crippen molar-refractivity contribution < 1.29 is 28.2 Å². The molecular formula is C23H30N2O6. The second-order valence-corrected chi connectivity index (χ2v) is 8.47. The summed E-state index contributed by atoms with van der Waals surface area (Å²) in [6.45, 7) is 8.68. The van der Waals surface area contributed by atoms with E-state index in [4.69, 9.17) is 23.6 Å². The summed E-state index contributed by atoms with van der Waals surface area (Å²) in [5.41, 5.74) is 1.15. The van der Waals surface area contributed by atoms with Crippen LogP contribution in [-0.2, 0) is 29.2 Å². The average Bonchev–Trinajstić information content (AvgIpc) is 3.23. The fourth-order valence-electron chi connectivity index (χ4n) is 3.69. The Bertz CT molecular complexity index is 881. The number of hydrogen-bond donors (Lipinski definition) is 0. The molecule has 1 aliphatic rings. The summed E-state index contributed by atoms with van der Waals surface area (Å²) < 4.78 is 21.7. The second kappa shape index (κ2) is 9.51. The summed E-state index contributed by atoms with van der Waals surface area (Å²) in [7, 11) is 2.49. The normalized spacial score (nSPS) is 15.6. The van der Waals surface area contributed by atoms with E-state index in [1.54, 1.807) is 0 Å². The highest BCUT2D eigenvalue weighted by atomic mass is 16.5. The number of morpholine rings is 1. The molecule has 0 unspecified atom stereocenters. The third-order valence-electron chi connectivity index (χ3n) is 5.30. The van der Waals surface area contributed by atoms with E-state index in [1.165, 1.54) is 14.2 Å². The van der Waals surface area contributed by atoms with Crippen molar-refractivity contribution in [2.24, 2.45) is 5.92 Å². The Morgan fingerprint density at radius 3 is 2.13 bits per heavy atom. The van der Waals surface area contributed by atoms with Crippen LogP contribution in [0.15, 0.2) is 34.7 Å². The zero-order valence-corrected chi connectivity index (χ0v) is 18.7. The van der Waals surface area contributed by atoms with Gasteiger partial charge in [-0.1, -0.05) is 51.1 Å². The lowest BCUT2D eigenvalue weighted by Crippen LogP contribution is -2.37. The minimum atomic E-state index is -1.25. The molecule has 2 aromatic rings. The van der Waals surface area contributed by atoms with E-state index in [-0.39, 0.29) is 11.3 Å². The Kier molecular flexibility index (Phi) is 7.00. The maximum atomic E-state index is 12.7. The van der Waals surface area contributed by atoms with Crippen LogP contribution in [0.5, 0.6) is 0 Å². The molecule has 0 amide bonds. The molecule has 1 atom stereocenters. The van der Waals surface area contributed by atoms with Gasteiger partial charge < -0.3 is 23.5 Å². The third-order valence-corrected chi connectivity index (χ3v) is 5.30. The molecule has 0 radical (unpaired) electrons. The van der Waals surface area contributed by atoms with E-state index in [1.807, 2.05) is 51.1 Å². The fourth-order valence-corrected chi connectivity index (χ4v) is 3.69. The van der Waals surface area contributed by atoms with Crippen LogP contribution < -0.4 is 4.90 Å². The Labute approximate surface area is 182 Å². The number of rotatable bonds is 6. The Hall–Kier alpha value is -2.87. The van der Waals surface area contributed by atoms with Crippen molar-refractivity contribution in [2.75, 3.05) is 45.4 Å². The van der Waals surface area contributed by atoms with E-state index >= 15 is 0 Å². The quantitative estimate of drug-likeness (QED) is 0.510. The number of ether oxygens (including phenoxy) is 3. The molecule has 0 bridgehead atoms. The van der Waals surface area contributed by atoms with Gasteiger partial charge in [0.1, 0.15) is 5.69 Å². The van der Waals surface area contributed by atoms with Gasteiger partial charge in [0.2, 0.25) is 11.8 Å². The first-order valence-corrected chi connectivity index (χ1v) is 10.3. The van der Waals surface area contributed by atoms with Gasteiger partial charge in [0.05, 0.1) is 33.4 Å². The number of carbonyl (C=O) groups is 2. The van der Waals surface area contributed by atoms with Crippen LogP contribution in [0.25, 0.3) is 0 Å². The van der Waals surface area contributed by atoms with Crippen molar-refractivity contribution in [2.45, 2.75) is 32.1 Å². The predicted molar refractivity (Wildman–Crippen MR) is 114 cm³/mol. The molecule has 1 fully saturated rings. The molecule has 168 valence electrons. The van der Waals surface area contributed by atoms with Crippen LogP contribution in [0.4, 0.5) is 5.88 Å². The standard InChI is InChI=1S/C23H30N2O6/c1-23(2,3)18-20(25-11-13-30-14-12-25)31-19(24-18)16(15-9-7-6-8-10-15)17(21(26)28-4)22(27)29-5/h6-10,16-17H,11-14H2,1-5H3/t16-/m0/s1. The molecule has 1 saturated heterocycles. The molecule has 31 heavy (non-hydrogen) atoms. The average molecular weight is 431 g/mol. The molecular weight excluding hydrogens is 400 g/mol. The number of hydrogen-bond acceptors (Lipinski definition) is 8. The smallest absolute Gasteiger partial charge is 0.321 e. The highest BCUT2D eigenvalue weighted by Crippen LogP contribution is 2.40. The van der Waals surface area contributed by atoms with Crippen molar-refractivity contribution in [3.63, 3.8) is 0 Å². The molecule has 1 aromatic heterocycles. The summed E-state index contributed by atoms with van der Waals surface area (Å²) in [6.07, 6.45) is 0. The van der Waals surface area contributed by atoms with E-state index in [2.05, 4.69) is 4.90 Å². The zero-order valence-electron chi connectivity index (χ0n) is 18.7. The van der Waals surface area contributed by atoms with Crippen molar-refractivity contribution >= 4 is 17.8 Å². The SMILES string of the molecule is COC(=O)C(C(=O)OC)[C@H](c1ccccc1)c1nc(C(C)(C)C)c(N2CCOCC2)o1.